The Bertz CT molecular complexity index is 417. The lowest BCUT2D eigenvalue weighted by Crippen LogP contribution is -1.75. The molecule has 14 heavy (non-hydrogen) atoms. The number of nitrogens with zero attached hydrogens (tertiary/aromatic N) is 3. The smallest absolute Gasteiger partial charge is 0.0991 e. The van der Waals surface area contributed by atoms with Crippen LogP contribution >= 0.6 is 0 Å². The SMILES string of the molecule is C\C(C#N)=C/C=C(C#N)\C=C(/C)C#N. The van der Waals surface area contributed by atoms with Crippen molar-refractivity contribution in [3.63, 3.8) is 0 Å². The Balaban J connectivity index is 4.91. The molecule has 0 N–H and O–H groups in total. The number of rotatable bonds is 2. The van der Waals surface area contributed by atoms with E-state index in [0.717, 1.165) is 0 Å². The van der Waals surface area contributed by atoms with Crippen LogP contribution in [-0.2, 0) is 0 Å². The quantitative estimate of drug-likeness (QED) is 0.487. The maximum absolute atomic E-state index is 8.67. The molecule has 3 nitrogen and oxygen atoms in total. The Morgan fingerprint density at radius 2 is 1.43 bits per heavy atom. The van der Waals surface area contributed by atoms with Crippen LogP contribution in [0.25, 0.3) is 0 Å². The molecule has 0 bridgehead atoms. The van der Waals surface area contributed by atoms with Crippen LogP contribution in [0.15, 0.2) is 34.9 Å². The number of hydrogen-bond donors (Lipinski definition) is 0. The minimum absolute atomic E-state index is 0.360. The van der Waals surface area contributed by atoms with E-state index < -0.39 is 0 Å². The zero-order chi connectivity index (χ0) is 11.0. The number of hydrogen-bond acceptors (Lipinski definition) is 3. The van der Waals surface area contributed by atoms with Crippen molar-refractivity contribution in [2.75, 3.05) is 0 Å². The molecule has 0 aromatic rings. The van der Waals surface area contributed by atoms with E-state index in [1.165, 1.54) is 12.2 Å². The average molecular weight is 183 g/mol. The molecule has 0 aromatic carbocycles. The molecule has 0 saturated carbocycles. The fourth-order valence-electron chi connectivity index (χ4n) is 0.635. The Morgan fingerprint density at radius 3 is 1.86 bits per heavy atom. The summed E-state index contributed by atoms with van der Waals surface area (Å²) in [6.07, 6.45) is 4.53. The van der Waals surface area contributed by atoms with Gasteiger partial charge in [-0.25, -0.2) is 0 Å². The summed E-state index contributed by atoms with van der Waals surface area (Å²) in [5.74, 6) is 0. The third-order valence-electron chi connectivity index (χ3n) is 1.37. The average Bonchev–Trinajstić information content (AvgIpc) is 2.22. The molecule has 3 heteroatoms. The van der Waals surface area contributed by atoms with Crippen LogP contribution in [0.3, 0.4) is 0 Å². The van der Waals surface area contributed by atoms with Gasteiger partial charge in [-0.1, -0.05) is 0 Å². The first-order chi connectivity index (χ1) is 6.63. The highest BCUT2D eigenvalue weighted by Gasteiger charge is 1.90. The van der Waals surface area contributed by atoms with E-state index in [2.05, 4.69) is 0 Å². The molecular weight excluding hydrogens is 174 g/mol. The first-order valence-electron chi connectivity index (χ1n) is 3.91. The standard InChI is InChI=1S/C11H9N3/c1-9(6-12)3-4-11(8-14)5-10(2)7-13/h3-5H,1-2H3/b9-3+,10-5+,11-4+. The fraction of sp³-hybridized carbons (Fsp3) is 0.182. The van der Waals surface area contributed by atoms with Gasteiger partial charge in [0.1, 0.15) is 0 Å². The summed E-state index contributed by atoms with van der Waals surface area (Å²) < 4.78 is 0. The van der Waals surface area contributed by atoms with Gasteiger partial charge in [-0.05, 0) is 32.1 Å². The van der Waals surface area contributed by atoms with Crippen LogP contribution in [0.2, 0.25) is 0 Å². The second kappa shape index (κ2) is 6.23. The Kier molecular flexibility index (Phi) is 5.20. The van der Waals surface area contributed by atoms with Crippen LogP contribution < -0.4 is 0 Å². The van der Waals surface area contributed by atoms with Crippen molar-refractivity contribution < 1.29 is 0 Å². The summed E-state index contributed by atoms with van der Waals surface area (Å²) in [6.45, 7) is 3.26. The monoisotopic (exact) mass is 183 g/mol. The maximum atomic E-state index is 8.67. The molecule has 0 unspecified atom stereocenters. The molecule has 68 valence electrons. The highest BCUT2D eigenvalue weighted by atomic mass is 14.3. The third-order valence-corrected chi connectivity index (χ3v) is 1.37. The van der Waals surface area contributed by atoms with Crippen molar-refractivity contribution in [2.45, 2.75) is 13.8 Å². The zero-order valence-corrected chi connectivity index (χ0v) is 8.07. The van der Waals surface area contributed by atoms with Crippen LogP contribution in [0.4, 0.5) is 0 Å². The largest absolute Gasteiger partial charge is 0.193 e. The summed E-state index contributed by atoms with van der Waals surface area (Å²) in [6, 6.07) is 5.77. The molecule has 0 spiro atoms. The molecule has 0 fully saturated rings. The van der Waals surface area contributed by atoms with Gasteiger partial charge in [-0.2, -0.15) is 15.8 Å². The van der Waals surface area contributed by atoms with Crippen molar-refractivity contribution in [1.29, 1.82) is 15.8 Å². The van der Waals surface area contributed by atoms with Gasteiger partial charge in [0.15, 0.2) is 0 Å². The summed E-state index contributed by atoms with van der Waals surface area (Å²) in [5.41, 5.74) is 1.33. The van der Waals surface area contributed by atoms with E-state index in [1.54, 1.807) is 19.9 Å². The summed E-state index contributed by atoms with van der Waals surface area (Å²) in [4.78, 5) is 0. The maximum Gasteiger partial charge on any atom is 0.0991 e. The van der Waals surface area contributed by atoms with Gasteiger partial charge in [0.2, 0.25) is 0 Å². The predicted octanol–water partition coefficient (Wildman–Crippen LogP) is 2.38. The summed E-state index contributed by atoms with van der Waals surface area (Å²) >= 11 is 0. The van der Waals surface area contributed by atoms with E-state index in [0.29, 0.717) is 16.7 Å². The molecule has 0 rings (SSSR count). The van der Waals surface area contributed by atoms with Crippen molar-refractivity contribution in [3.05, 3.63) is 34.9 Å². The Labute approximate surface area is 83.5 Å². The van der Waals surface area contributed by atoms with Gasteiger partial charge in [0.05, 0.1) is 23.8 Å². The molecule has 0 saturated heterocycles. The number of allylic oxidation sites excluding steroid dienone is 6. The topological polar surface area (TPSA) is 71.4 Å². The molecule has 0 aliphatic rings. The lowest BCUT2D eigenvalue weighted by Gasteiger charge is -1.86. The van der Waals surface area contributed by atoms with Crippen LogP contribution in [-0.4, -0.2) is 0 Å². The first-order valence-corrected chi connectivity index (χ1v) is 3.91. The highest BCUT2D eigenvalue weighted by molar-refractivity contribution is 5.42. The Hall–Kier alpha value is -2.31. The highest BCUT2D eigenvalue weighted by Crippen LogP contribution is 2.02. The van der Waals surface area contributed by atoms with Crippen LogP contribution in [0, 0.1) is 34.0 Å². The lowest BCUT2D eigenvalue weighted by molar-refractivity contribution is 1.41. The second-order valence-electron chi connectivity index (χ2n) is 2.63. The van der Waals surface area contributed by atoms with E-state index >= 15 is 0 Å². The molecule has 0 aliphatic heterocycles. The van der Waals surface area contributed by atoms with Gasteiger partial charge in [0, 0.05) is 11.1 Å². The van der Waals surface area contributed by atoms with Crippen molar-refractivity contribution >= 4 is 0 Å². The normalized spacial score (nSPS) is 12.6. The molecular formula is C11H9N3. The summed E-state index contributed by atoms with van der Waals surface area (Å²) in [7, 11) is 0. The first kappa shape index (κ1) is 11.7. The molecule has 0 amide bonds. The van der Waals surface area contributed by atoms with Crippen molar-refractivity contribution in [3.8, 4) is 18.2 Å². The zero-order valence-electron chi connectivity index (χ0n) is 8.07. The third kappa shape index (κ3) is 4.54. The molecule has 0 radical (unpaired) electrons. The van der Waals surface area contributed by atoms with Crippen LogP contribution in [0.5, 0.6) is 0 Å². The number of nitriles is 3. The molecule has 0 heterocycles. The van der Waals surface area contributed by atoms with Crippen molar-refractivity contribution in [1.82, 2.24) is 0 Å². The van der Waals surface area contributed by atoms with Crippen LogP contribution in [0.1, 0.15) is 13.8 Å². The molecule has 0 aromatic heterocycles. The fourth-order valence-corrected chi connectivity index (χ4v) is 0.635. The molecule has 0 aliphatic carbocycles. The minimum Gasteiger partial charge on any atom is -0.193 e. The van der Waals surface area contributed by atoms with Gasteiger partial charge in [-0.15, -0.1) is 0 Å². The molecule has 0 atom stereocenters. The Morgan fingerprint density at radius 1 is 0.857 bits per heavy atom. The van der Waals surface area contributed by atoms with E-state index in [-0.39, 0.29) is 0 Å². The van der Waals surface area contributed by atoms with Gasteiger partial charge >= 0.3 is 0 Å². The predicted molar refractivity (Wildman–Crippen MR) is 52.4 cm³/mol. The van der Waals surface area contributed by atoms with Gasteiger partial charge < -0.3 is 0 Å². The van der Waals surface area contributed by atoms with Crippen molar-refractivity contribution in [2.24, 2.45) is 0 Å². The lowest BCUT2D eigenvalue weighted by atomic mass is 10.1. The second-order valence-corrected chi connectivity index (χ2v) is 2.63. The van der Waals surface area contributed by atoms with E-state index in [1.807, 2.05) is 18.2 Å². The summed E-state index contributed by atoms with van der Waals surface area (Å²) in [5, 5.41) is 25.6. The van der Waals surface area contributed by atoms with E-state index in [9.17, 15) is 0 Å². The van der Waals surface area contributed by atoms with Gasteiger partial charge in [-0.3, -0.25) is 0 Å². The van der Waals surface area contributed by atoms with E-state index in [4.69, 9.17) is 15.8 Å². The van der Waals surface area contributed by atoms with Gasteiger partial charge in [0.25, 0.3) is 0 Å². The minimum atomic E-state index is 0.360.